The molecular formula is C19H17N3O2. The first-order valence-electron chi connectivity index (χ1n) is 7.46. The van der Waals surface area contributed by atoms with Crippen LogP contribution in [0.1, 0.15) is 21.5 Å². The lowest BCUT2D eigenvalue weighted by molar-refractivity contribution is 0.102. The first-order chi connectivity index (χ1) is 11.6. The Hall–Kier alpha value is -3.18. The van der Waals surface area contributed by atoms with E-state index in [0.717, 1.165) is 16.3 Å². The van der Waals surface area contributed by atoms with Gasteiger partial charge in [-0.3, -0.25) is 10.2 Å². The van der Waals surface area contributed by atoms with E-state index in [1.807, 2.05) is 12.1 Å². The highest BCUT2D eigenvalue weighted by Crippen LogP contribution is 2.19. The molecule has 5 nitrogen and oxygen atoms in total. The third-order valence-corrected chi connectivity index (χ3v) is 3.81. The molecule has 0 atom stereocenters. The van der Waals surface area contributed by atoms with Crippen LogP contribution in [-0.4, -0.2) is 16.8 Å². The molecule has 5 N–H and O–H groups in total. The number of hydrogen-bond donors (Lipinski definition) is 4. The Labute approximate surface area is 139 Å². The van der Waals surface area contributed by atoms with Crippen LogP contribution in [0.4, 0.5) is 5.69 Å². The summed E-state index contributed by atoms with van der Waals surface area (Å²) in [5.74, 6) is -0.224. The number of benzene rings is 3. The zero-order valence-electron chi connectivity index (χ0n) is 12.9. The van der Waals surface area contributed by atoms with E-state index in [-0.39, 0.29) is 18.3 Å². The van der Waals surface area contributed by atoms with Gasteiger partial charge in [0, 0.05) is 16.8 Å². The zero-order chi connectivity index (χ0) is 17.1. The molecule has 0 radical (unpaired) electrons. The summed E-state index contributed by atoms with van der Waals surface area (Å²) in [4.78, 5) is 12.4. The standard InChI is InChI=1S/C19H17N3O2/c20-18(21)14-5-3-13-4-6-15(10-16(13)9-14)19(24)22-17-7-1-12(11-23)2-8-17/h1-10,23H,11H2,(H3,20,21)(H,22,24). The molecule has 0 unspecified atom stereocenters. The largest absolute Gasteiger partial charge is 0.392 e. The summed E-state index contributed by atoms with van der Waals surface area (Å²) in [5.41, 5.74) is 8.11. The van der Waals surface area contributed by atoms with Crippen LogP contribution in [0.5, 0.6) is 0 Å². The Balaban J connectivity index is 1.86. The first kappa shape index (κ1) is 15.7. The monoisotopic (exact) mass is 319 g/mol. The van der Waals surface area contributed by atoms with Crippen LogP contribution in [0.15, 0.2) is 60.7 Å². The summed E-state index contributed by atoms with van der Waals surface area (Å²) in [6.45, 7) is -0.0304. The molecule has 0 saturated carbocycles. The zero-order valence-corrected chi connectivity index (χ0v) is 12.9. The predicted octanol–water partition coefficient (Wildman–Crippen LogP) is 2.87. The maximum atomic E-state index is 12.4. The number of carbonyl (C=O) groups is 1. The number of rotatable bonds is 4. The maximum Gasteiger partial charge on any atom is 0.255 e. The fraction of sp³-hybridized carbons (Fsp3) is 0.0526. The fourth-order valence-electron chi connectivity index (χ4n) is 2.45. The van der Waals surface area contributed by atoms with E-state index >= 15 is 0 Å². The summed E-state index contributed by atoms with van der Waals surface area (Å²) in [5, 5.41) is 21.2. The van der Waals surface area contributed by atoms with Crippen LogP contribution < -0.4 is 11.1 Å². The summed E-state index contributed by atoms with van der Waals surface area (Å²) in [6, 6.07) is 17.9. The average molecular weight is 319 g/mol. The molecule has 120 valence electrons. The molecule has 3 aromatic rings. The number of aliphatic hydroxyl groups excluding tert-OH is 1. The predicted molar refractivity (Wildman–Crippen MR) is 95.3 cm³/mol. The molecule has 0 spiro atoms. The van der Waals surface area contributed by atoms with Crippen molar-refractivity contribution in [3.05, 3.63) is 77.4 Å². The molecule has 0 aliphatic heterocycles. The van der Waals surface area contributed by atoms with Gasteiger partial charge in [0.25, 0.3) is 5.91 Å². The Kier molecular flexibility index (Phi) is 4.26. The number of amidine groups is 1. The molecule has 0 aromatic heterocycles. The van der Waals surface area contributed by atoms with Gasteiger partial charge in [0.15, 0.2) is 0 Å². The molecule has 3 rings (SSSR count). The van der Waals surface area contributed by atoms with E-state index in [2.05, 4.69) is 5.32 Å². The van der Waals surface area contributed by atoms with Gasteiger partial charge in [0.05, 0.1) is 6.61 Å². The summed E-state index contributed by atoms with van der Waals surface area (Å²) in [7, 11) is 0. The van der Waals surface area contributed by atoms with Gasteiger partial charge in [0.2, 0.25) is 0 Å². The van der Waals surface area contributed by atoms with Crippen molar-refractivity contribution in [3.8, 4) is 0 Å². The minimum Gasteiger partial charge on any atom is -0.392 e. The molecule has 0 saturated heterocycles. The molecule has 3 aromatic carbocycles. The van der Waals surface area contributed by atoms with Crippen molar-refractivity contribution < 1.29 is 9.90 Å². The molecule has 0 bridgehead atoms. The molecule has 0 heterocycles. The lowest BCUT2D eigenvalue weighted by Crippen LogP contribution is -2.12. The topological polar surface area (TPSA) is 99.2 Å². The van der Waals surface area contributed by atoms with Gasteiger partial charge in [-0.2, -0.15) is 0 Å². The highest BCUT2D eigenvalue weighted by atomic mass is 16.3. The molecule has 1 amide bonds. The second kappa shape index (κ2) is 6.52. The number of fused-ring (bicyclic) bond motifs is 1. The number of hydrogen-bond acceptors (Lipinski definition) is 3. The lowest BCUT2D eigenvalue weighted by atomic mass is 10.0. The van der Waals surface area contributed by atoms with E-state index in [1.54, 1.807) is 48.5 Å². The number of aliphatic hydroxyl groups is 1. The van der Waals surface area contributed by atoms with Gasteiger partial charge in [-0.15, -0.1) is 0 Å². The van der Waals surface area contributed by atoms with Gasteiger partial charge in [-0.25, -0.2) is 0 Å². The minimum absolute atomic E-state index is 0.00396. The minimum atomic E-state index is -0.220. The Morgan fingerprint density at radius 2 is 1.58 bits per heavy atom. The van der Waals surface area contributed by atoms with Crippen molar-refractivity contribution in [3.63, 3.8) is 0 Å². The number of nitrogens with two attached hydrogens (primary N) is 1. The second-order valence-electron chi connectivity index (χ2n) is 5.50. The molecule has 5 heteroatoms. The normalized spacial score (nSPS) is 10.5. The van der Waals surface area contributed by atoms with Gasteiger partial charge < -0.3 is 16.2 Å². The third-order valence-electron chi connectivity index (χ3n) is 3.81. The quantitative estimate of drug-likeness (QED) is 0.439. The summed E-state index contributed by atoms with van der Waals surface area (Å²) >= 11 is 0. The SMILES string of the molecule is N=C(N)c1ccc2ccc(C(=O)Nc3ccc(CO)cc3)cc2c1. The highest BCUT2D eigenvalue weighted by molar-refractivity contribution is 6.07. The smallest absolute Gasteiger partial charge is 0.255 e. The number of carbonyl (C=O) groups excluding carboxylic acids is 1. The number of amides is 1. The lowest BCUT2D eigenvalue weighted by Gasteiger charge is -2.08. The van der Waals surface area contributed by atoms with Crippen molar-refractivity contribution in [1.29, 1.82) is 5.41 Å². The molecular weight excluding hydrogens is 302 g/mol. The number of nitrogens with one attached hydrogen (secondary N) is 2. The van der Waals surface area contributed by atoms with Crippen LogP contribution in [0, 0.1) is 5.41 Å². The van der Waals surface area contributed by atoms with Gasteiger partial charge in [0.1, 0.15) is 5.84 Å². The Morgan fingerprint density at radius 1 is 0.958 bits per heavy atom. The number of anilines is 1. The van der Waals surface area contributed by atoms with Crippen LogP contribution >= 0.6 is 0 Å². The van der Waals surface area contributed by atoms with Crippen LogP contribution in [0.2, 0.25) is 0 Å². The first-order valence-corrected chi connectivity index (χ1v) is 7.46. The molecule has 0 aliphatic carbocycles. The van der Waals surface area contributed by atoms with Crippen molar-refractivity contribution in [2.45, 2.75) is 6.61 Å². The number of nitrogen functional groups attached to an aromatic ring is 1. The van der Waals surface area contributed by atoms with Crippen LogP contribution in [0.3, 0.4) is 0 Å². The van der Waals surface area contributed by atoms with E-state index in [9.17, 15) is 4.79 Å². The molecule has 0 aliphatic rings. The Morgan fingerprint density at radius 3 is 2.21 bits per heavy atom. The van der Waals surface area contributed by atoms with Crippen molar-refractivity contribution in [1.82, 2.24) is 0 Å². The van der Waals surface area contributed by atoms with Gasteiger partial charge in [-0.1, -0.05) is 30.3 Å². The van der Waals surface area contributed by atoms with Crippen molar-refractivity contribution in [2.75, 3.05) is 5.32 Å². The van der Waals surface area contributed by atoms with Crippen molar-refractivity contribution in [2.24, 2.45) is 5.73 Å². The maximum absolute atomic E-state index is 12.4. The summed E-state index contributed by atoms with van der Waals surface area (Å²) in [6.07, 6.45) is 0. The van der Waals surface area contributed by atoms with Gasteiger partial charge in [-0.05, 0) is 46.7 Å². The van der Waals surface area contributed by atoms with Gasteiger partial charge >= 0.3 is 0 Å². The molecule has 24 heavy (non-hydrogen) atoms. The van der Waals surface area contributed by atoms with E-state index in [4.69, 9.17) is 16.2 Å². The van der Waals surface area contributed by atoms with E-state index < -0.39 is 0 Å². The van der Waals surface area contributed by atoms with E-state index in [0.29, 0.717) is 16.8 Å². The van der Waals surface area contributed by atoms with E-state index in [1.165, 1.54) is 0 Å². The van der Waals surface area contributed by atoms with Crippen LogP contribution in [-0.2, 0) is 6.61 Å². The highest BCUT2D eigenvalue weighted by Gasteiger charge is 2.08. The second-order valence-corrected chi connectivity index (χ2v) is 5.50. The fourth-order valence-corrected chi connectivity index (χ4v) is 2.45. The Bertz CT molecular complexity index is 918. The van der Waals surface area contributed by atoms with Crippen LogP contribution in [0.25, 0.3) is 10.8 Å². The van der Waals surface area contributed by atoms with Crippen molar-refractivity contribution >= 4 is 28.2 Å². The molecule has 0 fully saturated rings. The third kappa shape index (κ3) is 3.26. The average Bonchev–Trinajstić information content (AvgIpc) is 2.61. The summed E-state index contributed by atoms with van der Waals surface area (Å²) < 4.78 is 0.